The summed E-state index contributed by atoms with van der Waals surface area (Å²) in [6.45, 7) is 2.14. The first kappa shape index (κ1) is 16.4. The van der Waals surface area contributed by atoms with Gasteiger partial charge in [-0.05, 0) is 36.6 Å². The van der Waals surface area contributed by atoms with E-state index < -0.39 is 0 Å². The Hall–Kier alpha value is -1.94. The first-order valence-electron chi connectivity index (χ1n) is 7.38. The van der Waals surface area contributed by atoms with Crippen molar-refractivity contribution in [3.63, 3.8) is 0 Å². The number of carbonyl (C=O) groups excluding carboxylic acids is 1. The van der Waals surface area contributed by atoms with E-state index in [0.29, 0.717) is 5.56 Å². The zero-order chi connectivity index (χ0) is 15.8. The summed E-state index contributed by atoms with van der Waals surface area (Å²) >= 11 is 3.37. The van der Waals surface area contributed by atoms with Gasteiger partial charge in [0.05, 0.1) is 5.71 Å². The van der Waals surface area contributed by atoms with Crippen LogP contribution in [0.15, 0.2) is 64.2 Å². The fraction of sp³-hybridized carbons (Fsp3) is 0.222. The SMILES string of the molecule is CCCC/C(=N\NC(=O)c1cccc(Br)c1)c1ccccc1. The Kier molecular flexibility index (Phi) is 6.34. The van der Waals surface area contributed by atoms with Crippen molar-refractivity contribution < 1.29 is 4.79 Å². The quantitative estimate of drug-likeness (QED) is 0.586. The Morgan fingerprint density at radius 3 is 2.50 bits per heavy atom. The van der Waals surface area contributed by atoms with Gasteiger partial charge in [-0.15, -0.1) is 0 Å². The summed E-state index contributed by atoms with van der Waals surface area (Å²) in [5.41, 5.74) is 5.20. The Labute approximate surface area is 139 Å². The number of unbranched alkanes of at least 4 members (excludes halogenated alkanes) is 1. The van der Waals surface area contributed by atoms with Crippen LogP contribution in [0.3, 0.4) is 0 Å². The maximum atomic E-state index is 12.2. The van der Waals surface area contributed by atoms with Gasteiger partial charge in [0.25, 0.3) is 5.91 Å². The molecule has 2 rings (SSSR count). The van der Waals surface area contributed by atoms with E-state index in [2.05, 4.69) is 33.4 Å². The van der Waals surface area contributed by atoms with E-state index in [0.717, 1.165) is 35.0 Å². The summed E-state index contributed by atoms with van der Waals surface area (Å²) in [6, 6.07) is 17.2. The number of amides is 1. The lowest BCUT2D eigenvalue weighted by atomic mass is 10.1. The molecule has 2 aromatic carbocycles. The van der Waals surface area contributed by atoms with Gasteiger partial charge in [-0.2, -0.15) is 5.10 Å². The zero-order valence-electron chi connectivity index (χ0n) is 12.6. The molecule has 0 fully saturated rings. The number of carbonyl (C=O) groups is 1. The number of nitrogens with one attached hydrogen (secondary N) is 1. The number of hydrogen-bond acceptors (Lipinski definition) is 2. The monoisotopic (exact) mass is 358 g/mol. The average Bonchev–Trinajstić information content (AvgIpc) is 2.55. The molecule has 0 aromatic heterocycles. The second kappa shape index (κ2) is 8.49. The maximum absolute atomic E-state index is 12.2. The number of halogens is 1. The predicted octanol–water partition coefficient (Wildman–Crippen LogP) is 4.77. The van der Waals surface area contributed by atoms with Gasteiger partial charge in [0, 0.05) is 10.0 Å². The number of nitrogens with zero attached hydrogens (tertiary/aromatic N) is 1. The van der Waals surface area contributed by atoms with Crippen LogP contribution in [0.4, 0.5) is 0 Å². The van der Waals surface area contributed by atoms with Crippen molar-refractivity contribution in [1.82, 2.24) is 5.43 Å². The number of hydrogen-bond donors (Lipinski definition) is 1. The highest BCUT2D eigenvalue weighted by molar-refractivity contribution is 9.10. The summed E-state index contributed by atoms with van der Waals surface area (Å²) in [5.74, 6) is -0.203. The molecule has 0 aliphatic rings. The molecule has 2 aromatic rings. The van der Waals surface area contributed by atoms with E-state index in [-0.39, 0.29) is 5.91 Å². The molecule has 3 nitrogen and oxygen atoms in total. The van der Waals surface area contributed by atoms with Crippen LogP contribution in [0, 0.1) is 0 Å². The van der Waals surface area contributed by atoms with Gasteiger partial charge in [-0.1, -0.05) is 65.7 Å². The summed E-state index contributed by atoms with van der Waals surface area (Å²) < 4.78 is 0.874. The summed E-state index contributed by atoms with van der Waals surface area (Å²) in [5, 5.41) is 4.34. The van der Waals surface area contributed by atoms with Crippen LogP contribution in [-0.2, 0) is 0 Å². The van der Waals surface area contributed by atoms with Crippen LogP contribution in [-0.4, -0.2) is 11.6 Å². The van der Waals surface area contributed by atoms with Gasteiger partial charge in [0.2, 0.25) is 0 Å². The van der Waals surface area contributed by atoms with Crippen molar-refractivity contribution in [3.8, 4) is 0 Å². The normalized spacial score (nSPS) is 11.3. The third-order valence-corrected chi connectivity index (χ3v) is 3.75. The molecule has 4 heteroatoms. The van der Waals surface area contributed by atoms with Crippen LogP contribution in [0.2, 0.25) is 0 Å². The van der Waals surface area contributed by atoms with Gasteiger partial charge < -0.3 is 0 Å². The molecule has 0 heterocycles. The van der Waals surface area contributed by atoms with Crippen LogP contribution >= 0.6 is 15.9 Å². The van der Waals surface area contributed by atoms with Crippen molar-refractivity contribution in [2.24, 2.45) is 5.10 Å². The molecule has 22 heavy (non-hydrogen) atoms. The molecule has 0 bridgehead atoms. The fourth-order valence-electron chi connectivity index (χ4n) is 2.05. The van der Waals surface area contributed by atoms with Gasteiger partial charge in [0.1, 0.15) is 0 Å². The Morgan fingerprint density at radius 2 is 1.82 bits per heavy atom. The van der Waals surface area contributed by atoms with Gasteiger partial charge in [-0.3, -0.25) is 4.79 Å². The lowest BCUT2D eigenvalue weighted by Gasteiger charge is -2.07. The Bertz CT molecular complexity index is 653. The third-order valence-electron chi connectivity index (χ3n) is 3.25. The molecule has 0 saturated carbocycles. The molecule has 0 radical (unpaired) electrons. The predicted molar refractivity (Wildman–Crippen MR) is 94.1 cm³/mol. The van der Waals surface area contributed by atoms with E-state index in [9.17, 15) is 4.79 Å². The Morgan fingerprint density at radius 1 is 1.09 bits per heavy atom. The van der Waals surface area contributed by atoms with Crippen molar-refractivity contribution in [2.45, 2.75) is 26.2 Å². The molecule has 0 atom stereocenters. The lowest BCUT2D eigenvalue weighted by molar-refractivity contribution is 0.0954. The van der Waals surface area contributed by atoms with E-state index >= 15 is 0 Å². The summed E-state index contributed by atoms with van der Waals surface area (Å²) in [7, 11) is 0. The highest BCUT2D eigenvalue weighted by Crippen LogP contribution is 2.12. The lowest BCUT2D eigenvalue weighted by Crippen LogP contribution is -2.20. The van der Waals surface area contributed by atoms with Crippen LogP contribution < -0.4 is 5.43 Å². The molecule has 1 amide bonds. The minimum atomic E-state index is -0.203. The van der Waals surface area contributed by atoms with Crippen LogP contribution in [0.5, 0.6) is 0 Å². The molecule has 0 unspecified atom stereocenters. The highest BCUT2D eigenvalue weighted by Gasteiger charge is 2.07. The minimum Gasteiger partial charge on any atom is -0.267 e. The molecule has 0 aliphatic heterocycles. The summed E-state index contributed by atoms with van der Waals surface area (Å²) in [6.07, 6.45) is 2.98. The molecule has 1 N–H and O–H groups in total. The zero-order valence-corrected chi connectivity index (χ0v) is 14.1. The van der Waals surface area contributed by atoms with Crippen molar-refractivity contribution >= 4 is 27.5 Å². The molecule has 0 aliphatic carbocycles. The van der Waals surface area contributed by atoms with Crippen LogP contribution in [0.25, 0.3) is 0 Å². The van der Waals surface area contributed by atoms with E-state index in [1.165, 1.54) is 0 Å². The van der Waals surface area contributed by atoms with Crippen molar-refractivity contribution in [2.75, 3.05) is 0 Å². The maximum Gasteiger partial charge on any atom is 0.271 e. The summed E-state index contributed by atoms with van der Waals surface area (Å²) in [4.78, 5) is 12.2. The first-order valence-corrected chi connectivity index (χ1v) is 8.18. The van der Waals surface area contributed by atoms with Gasteiger partial charge in [-0.25, -0.2) is 5.43 Å². The largest absolute Gasteiger partial charge is 0.271 e. The Balaban J connectivity index is 2.14. The second-order valence-corrected chi connectivity index (χ2v) is 5.90. The number of rotatable bonds is 6. The van der Waals surface area contributed by atoms with Gasteiger partial charge >= 0.3 is 0 Å². The highest BCUT2D eigenvalue weighted by atomic mass is 79.9. The number of benzene rings is 2. The molecule has 0 spiro atoms. The standard InChI is InChI=1S/C18H19BrN2O/c1-2-3-12-17(14-8-5-4-6-9-14)20-21-18(22)15-10-7-11-16(19)13-15/h4-11,13H,2-3,12H2,1H3,(H,21,22)/b20-17+. The van der Waals surface area contributed by atoms with Gasteiger partial charge in [0.15, 0.2) is 0 Å². The molecule has 0 saturated heterocycles. The molecular formula is C18H19BrN2O. The molecule has 114 valence electrons. The van der Waals surface area contributed by atoms with E-state index in [4.69, 9.17) is 0 Å². The average molecular weight is 359 g/mol. The first-order chi connectivity index (χ1) is 10.7. The smallest absolute Gasteiger partial charge is 0.267 e. The second-order valence-electron chi connectivity index (χ2n) is 4.98. The van der Waals surface area contributed by atoms with E-state index in [1.54, 1.807) is 12.1 Å². The van der Waals surface area contributed by atoms with Crippen LogP contribution in [0.1, 0.15) is 42.1 Å². The topological polar surface area (TPSA) is 41.5 Å². The van der Waals surface area contributed by atoms with E-state index in [1.807, 2.05) is 42.5 Å². The third kappa shape index (κ3) is 4.81. The molecular weight excluding hydrogens is 340 g/mol. The van der Waals surface area contributed by atoms with Crippen molar-refractivity contribution in [3.05, 3.63) is 70.2 Å². The van der Waals surface area contributed by atoms with Crippen molar-refractivity contribution in [1.29, 1.82) is 0 Å². The number of hydrazone groups is 1. The fourth-order valence-corrected chi connectivity index (χ4v) is 2.45. The minimum absolute atomic E-state index is 0.203.